The van der Waals surface area contributed by atoms with Gasteiger partial charge in [-0.15, -0.1) is 0 Å². The van der Waals surface area contributed by atoms with Crippen LogP contribution in [0.25, 0.3) is 0 Å². The van der Waals surface area contributed by atoms with E-state index in [1.54, 1.807) is 6.92 Å². The molecule has 0 aliphatic heterocycles. The topological polar surface area (TPSA) is 26.3 Å². The molecule has 0 spiro atoms. The minimum Gasteiger partial charge on any atom is -0.466 e. The smallest absolute Gasteiger partial charge is 0.312 e. The Morgan fingerprint density at radius 2 is 2.07 bits per heavy atom. The van der Waals surface area contributed by atoms with Crippen LogP contribution in [0.2, 0.25) is 0 Å². The molecule has 1 aliphatic carbocycles. The van der Waals surface area contributed by atoms with Crippen LogP contribution in [0, 0.1) is 5.92 Å². The van der Waals surface area contributed by atoms with E-state index in [9.17, 15) is 9.18 Å². The van der Waals surface area contributed by atoms with Gasteiger partial charge in [0.2, 0.25) is 0 Å². The number of halogens is 1. The molecule has 1 aromatic rings. The Hall–Kier alpha value is -1.38. The predicted molar refractivity (Wildman–Crippen MR) is 54.2 cm³/mol. The van der Waals surface area contributed by atoms with Crippen molar-refractivity contribution < 1.29 is 13.9 Å². The van der Waals surface area contributed by atoms with Crippen LogP contribution in [0.3, 0.4) is 0 Å². The molecule has 1 aliphatic rings. The summed E-state index contributed by atoms with van der Waals surface area (Å²) in [6, 6.07) is 9.26. The molecule has 3 heteroatoms. The largest absolute Gasteiger partial charge is 0.466 e. The van der Waals surface area contributed by atoms with Gasteiger partial charge in [-0.1, -0.05) is 30.3 Å². The zero-order valence-corrected chi connectivity index (χ0v) is 8.52. The minimum atomic E-state index is -1.08. The summed E-state index contributed by atoms with van der Waals surface area (Å²) in [5, 5.41) is 0. The third-order valence-corrected chi connectivity index (χ3v) is 2.68. The second-order valence-corrected chi connectivity index (χ2v) is 3.66. The first-order valence-electron chi connectivity index (χ1n) is 5.11. The molecule has 1 fully saturated rings. The van der Waals surface area contributed by atoms with Gasteiger partial charge < -0.3 is 4.74 Å². The number of hydrogen-bond donors (Lipinski definition) is 0. The molecule has 0 unspecified atom stereocenters. The van der Waals surface area contributed by atoms with Gasteiger partial charge in [0.15, 0.2) is 0 Å². The molecule has 1 aromatic carbocycles. The Bertz CT molecular complexity index is 350. The fourth-order valence-corrected chi connectivity index (χ4v) is 1.86. The van der Waals surface area contributed by atoms with Crippen LogP contribution in [-0.4, -0.2) is 18.7 Å². The Morgan fingerprint density at radius 3 is 2.67 bits per heavy atom. The number of hydrogen-bond acceptors (Lipinski definition) is 2. The molecule has 0 radical (unpaired) electrons. The fraction of sp³-hybridized carbons (Fsp3) is 0.417. The molecule has 80 valence electrons. The molecule has 3 atom stereocenters. The summed E-state index contributed by atoms with van der Waals surface area (Å²) in [7, 11) is 0. The van der Waals surface area contributed by atoms with Gasteiger partial charge in [0, 0.05) is 5.92 Å². The maximum Gasteiger partial charge on any atom is 0.312 e. The van der Waals surface area contributed by atoms with Gasteiger partial charge in [-0.05, 0) is 12.5 Å². The summed E-state index contributed by atoms with van der Waals surface area (Å²) >= 11 is 0. The molecule has 0 aromatic heterocycles. The fourth-order valence-electron chi connectivity index (χ4n) is 1.86. The highest BCUT2D eigenvalue weighted by Gasteiger charge is 2.57. The first-order valence-corrected chi connectivity index (χ1v) is 5.11. The number of carbonyl (C=O) groups excluding carboxylic acids is 1. The summed E-state index contributed by atoms with van der Waals surface area (Å²) in [6.07, 6.45) is -1.08. The molecule has 2 rings (SSSR count). The Morgan fingerprint density at radius 1 is 1.40 bits per heavy atom. The molecule has 0 bridgehead atoms. The van der Waals surface area contributed by atoms with Crippen LogP contribution in [0.15, 0.2) is 30.3 Å². The van der Waals surface area contributed by atoms with Gasteiger partial charge >= 0.3 is 5.97 Å². The lowest BCUT2D eigenvalue weighted by Crippen LogP contribution is -2.08. The number of benzene rings is 1. The summed E-state index contributed by atoms with van der Waals surface area (Å²) < 4.78 is 18.2. The van der Waals surface area contributed by atoms with Crippen molar-refractivity contribution in [2.45, 2.75) is 19.0 Å². The highest BCUT2D eigenvalue weighted by atomic mass is 19.1. The lowest BCUT2D eigenvalue weighted by molar-refractivity contribution is -0.145. The van der Waals surface area contributed by atoms with Crippen molar-refractivity contribution in [3.8, 4) is 0 Å². The van der Waals surface area contributed by atoms with E-state index in [-0.39, 0.29) is 5.92 Å². The average Bonchev–Trinajstić information content (AvgIpc) is 2.92. The molecule has 0 heterocycles. The van der Waals surface area contributed by atoms with E-state index in [2.05, 4.69) is 0 Å². The third kappa shape index (κ3) is 1.87. The van der Waals surface area contributed by atoms with E-state index in [0.29, 0.717) is 6.61 Å². The molecule has 0 amide bonds. The van der Waals surface area contributed by atoms with Gasteiger partial charge in [-0.2, -0.15) is 0 Å². The summed E-state index contributed by atoms with van der Waals surface area (Å²) in [6.45, 7) is 2.04. The van der Waals surface area contributed by atoms with Gasteiger partial charge in [0.25, 0.3) is 0 Å². The van der Waals surface area contributed by atoms with Crippen molar-refractivity contribution in [3.63, 3.8) is 0 Å². The highest BCUT2D eigenvalue weighted by molar-refractivity contribution is 5.79. The van der Waals surface area contributed by atoms with E-state index in [4.69, 9.17) is 4.74 Å². The normalized spacial score (nSPS) is 28.5. The lowest BCUT2D eigenvalue weighted by atomic mass is 10.1. The van der Waals surface area contributed by atoms with Crippen LogP contribution in [0.4, 0.5) is 4.39 Å². The number of carbonyl (C=O) groups is 1. The van der Waals surface area contributed by atoms with Gasteiger partial charge in [-0.25, -0.2) is 4.39 Å². The van der Waals surface area contributed by atoms with E-state index in [1.165, 1.54) is 0 Å². The number of rotatable bonds is 3. The summed E-state index contributed by atoms with van der Waals surface area (Å²) in [5.41, 5.74) is 0.878. The van der Waals surface area contributed by atoms with Crippen molar-refractivity contribution in [1.29, 1.82) is 0 Å². The van der Waals surface area contributed by atoms with Crippen molar-refractivity contribution in [2.75, 3.05) is 6.61 Å². The zero-order valence-electron chi connectivity index (χ0n) is 8.52. The quantitative estimate of drug-likeness (QED) is 0.712. The Kier molecular flexibility index (Phi) is 2.71. The molecular weight excluding hydrogens is 195 g/mol. The molecule has 0 saturated heterocycles. The maximum absolute atomic E-state index is 13.4. The first-order chi connectivity index (χ1) is 7.25. The van der Waals surface area contributed by atoms with E-state index in [1.807, 2.05) is 30.3 Å². The van der Waals surface area contributed by atoms with Gasteiger partial charge in [0.05, 0.1) is 12.5 Å². The van der Waals surface area contributed by atoms with E-state index in [0.717, 1.165) is 5.56 Å². The van der Waals surface area contributed by atoms with Crippen molar-refractivity contribution >= 4 is 5.97 Å². The molecular formula is C12H13FO2. The lowest BCUT2D eigenvalue weighted by Gasteiger charge is -1.99. The number of ether oxygens (including phenoxy) is 1. The monoisotopic (exact) mass is 208 g/mol. The average molecular weight is 208 g/mol. The van der Waals surface area contributed by atoms with Crippen LogP contribution < -0.4 is 0 Å². The third-order valence-electron chi connectivity index (χ3n) is 2.68. The summed E-state index contributed by atoms with van der Waals surface area (Å²) in [4.78, 5) is 11.3. The van der Waals surface area contributed by atoms with Gasteiger partial charge in [-0.3, -0.25) is 4.79 Å². The summed E-state index contributed by atoms with van der Waals surface area (Å²) in [5.74, 6) is -1.31. The minimum absolute atomic E-state index is 0.301. The van der Waals surface area contributed by atoms with Crippen molar-refractivity contribution in [2.24, 2.45) is 5.92 Å². The van der Waals surface area contributed by atoms with Crippen molar-refractivity contribution in [3.05, 3.63) is 35.9 Å². The Labute approximate surface area is 88.1 Å². The first kappa shape index (κ1) is 10.1. The second kappa shape index (κ2) is 4.01. The Balaban J connectivity index is 2.06. The molecule has 0 N–H and O–H groups in total. The molecule has 1 saturated carbocycles. The predicted octanol–water partition coefficient (Wildman–Crippen LogP) is 2.30. The molecule has 2 nitrogen and oxygen atoms in total. The second-order valence-electron chi connectivity index (χ2n) is 3.66. The zero-order chi connectivity index (χ0) is 10.8. The van der Waals surface area contributed by atoms with Crippen LogP contribution in [0.5, 0.6) is 0 Å². The number of alkyl halides is 1. The van der Waals surface area contributed by atoms with E-state index >= 15 is 0 Å². The van der Waals surface area contributed by atoms with Crippen LogP contribution >= 0.6 is 0 Å². The molecule has 15 heavy (non-hydrogen) atoms. The number of esters is 1. The maximum atomic E-state index is 13.4. The van der Waals surface area contributed by atoms with Crippen LogP contribution in [0.1, 0.15) is 18.4 Å². The van der Waals surface area contributed by atoms with E-state index < -0.39 is 18.1 Å². The van der Waals surface area contributed by atoms with Crippen molar-refractivity contribution in [1.82, 2.24) is 0 Å². The highest BCUT2D eigenvalue weighted by Crippen LogP contribution is 2.50. The van der Waals surface area contributed by atoms with Crippen LogP contribution in [-0.2, 0) is 9.53 Å². The standard InChI is InChI=1S/C12H13FO2/c1-2-15-12(14)10-9(11(10)13)8-6-4-3-5-7-8/h3-7,9-11H,2H2,1H3/t9-,10+,11+/m0/s1. The SMILES string of the molecule is CCOC(=O)[C@H]1[C@H](F)[C@H]1c1ccccc1. The van der Waals surface area contributed by atoms with Gasteiger partial charge in [0.1, 0.15) is 6.17 Å².